The predicted octanol–water partition coefficient (Wildman–Crippen LogP) is 2.40. The zero-order valence-corrected chi connectivity index (χ0v) is 14.1. The van der Waals surface area contributed by atoms with Crippen LogP contribution in [0.5, 0.6) is 0 Å². The first-order valence-corrected chi connectivity index (χ1v) is 9.84. The van der Waals surface area contributed by atoms with Crippen LogP contribution in [0.15, 0.2) is 21.4 Å². The molecule has 0 saturated carbocycles. The molecule has 0 aromatic rings. The van der Waals surface area contributed by atoms with Crippen molar-refractivity contribution in [3.05, 3.63) is 21.4 Å². The first-order valence-electron chi connectivity index (χ1n) is 5.81. The van der Waals surface area contributed by atoms with E-state index in [-0.39, 0.29) is 4.58 Å². The van der Waals surface area contributed by atoms with Gasteiger partial charge in [0.15, 0.2) is 0 Å². The fourth-order valence-electron chi connectivity index (χ4n) is 1.17. The van der Waals surface area contributed by atoms with Crippen LogP contribution < -0.4 is 0 Å². The van der Waals surface area contributed by atoms with E-state index in [1.54, 1.807) is 25.6 Å². The van der Waals surface area contributed by atoms with Gasteiger partial charge in [0, 0.05) is 0 Å². The fraction of sp³-hybridized carbons (Fsp3) is 0.500. The Morgan fingerprint density at radius 3 is 2.74 bits per heavy atom. The molecule has 0 spiro atoms. The second-order valence-corrected chi connectivity index (χ2v) is 7.90. The average Bonchev–Trinajstić information content (AvgIpc) is 2.40. The van der Waals surface area contributed by atoms with E-state index in [2.05, 4.69) is 4.97 Å². The van der Waals surface area contributed by atoms with Gasteiger partial charge in [-0.1, -0.05) is 0 Å². The van der Waals surface area contributed by atoms with Gasteiger partial charge in [-0.2, -0.15) is 0 Å². The molecular weight excluding hydrogens is 351 g/mol. The summed E-state index contributed by atoms with van der Waals surface area (Å²) in [4.78, 5) is 25.8. The van der Waals surface area contributed by atoms with Crippen LogP contribution in [0.2, 0.25) is 5.32 Å². The second-order valence-electron chi connectivity index (χ2n) is 3.27. The zero-order chi connectivity index (χ0) is 14.1. The van der Waals surface area contributed by atoms with Crippen LogP contribution in [0.4, 0.5) is 0 Å². The van der Waals surface area contributed by atoms with Crippen molar-refractivity contribution in [2.45, 2.75) is 23.7 Å². The first-order chi connectivity index (χ1) is 9.17. The zero-order valence-electron chi connectivity index (χ0n) is 10.8. The van der Waals surface area contributed by atoms with Gasteiger partial charge in [-0.05, 0) is 0 Å². The summed E-state index contributed by atoms with van der Waals surface area (Å²) in [5, 5.41) is 3.08. The SMILES string of the molecule is CCOC(=O)/C=C(\SC1C[Se]C=CS1)C(=O)OCC. The summed E-state index contributed by atoms with van der Waals surface area (Å²) in [5.41, 5.74) is 0. The summed E-state index contributed by atoms with van der Waals surface area (Å²) in [6.07, 6.45) is 1.23. The van der Waals surface area contributed by atoms with Crippen LogP contribution >= 0.6 is 23.5 Å². The van der Waals surface area contributed by atoms with Crippen molar-refractivity contribution in [1.29, 1.82) is 0 Å². The molecule has 0 aromatic carbocycles. The van der Waals surface area contributed by atoms with E-state index in [0.717, 1.165) is 5.32 Å². The Kier molecular flexibility index (Phi) is 8.37. The fourth-order valence-corrected chi connectivity index (χ4v) is 6.16. The van der Waals surface area contributed by atoms with Gasteiger partial charge >= 0.3 is 128 Å². The van der Waals surface area contributed by atoms with Crippen molar-refractivity contribution in [2.24, 2.45) is 0 Å². The van der Waals surface area contributed by atoms with Crippen LogP contribution in [0.3, 0.4) is 0 Å². The molecule has 1 rings (SSSR count). The summed E-state index contributed by atoms with van der Waals surface area (Å²) in [7, 11) is 0. The van der Waals surface area contributed by atoms with Gasteiger partial charge in [-0.25, -0.2) is 0 Å². The number of carbonyl (C=O) groups is 2. The van der Waals surface area contributed by atoms with Crippen molar-refractivity contribution in [3.63, 3.8) is 0 Å². The number of ether oxygens (including phenoxy) is 2. The van der Waals surface area contributed by atoms with Gasteiger partial charge < -0.3 is 0 Å². The molecule has 0 N–H and O–H groups in total. The van der Waals surface area contributed by atoms with Gasteiger partial charge in [-0.15, -0.1) is 0 Å². The van der Waals surface area contributed by atoms with Gasteiger partial charge in [0.05, 0.1) is 0 Å². The maximum atomic E-state index is 11.8. The Morgan fingerprint density at radius 2 is 2.16 bits per heavy atom. The first kappa shape index (κ1) is 16.7. The number of thioether (sulfide) groups is 2. The van der Waals surface area contributed by atoms with Crippen molar-refractivity contribution >= 4 is 50.4 Å². The van der Waals surface area contributed by atoms with Gasteiger partial charge in [0.2, 0.25) is 0 Å². The molecule has 7 heteroatoms. The Hall–Kier alpha value is -0.361. The van der Waals surface area contributed by atoms with Crippen molar-refractivity contribution in [1.82, 2.24) is 0 Å². The van der Waals surface area contributed by atoms with Crippen LogP contribution in [0, 0.1) is 0 Å². The quantitative estimate of drug-likeness (QED) is 0.408. The molecule has 0 amide bonds. The minimum atomic E-state index is -0.500. The summed E-state index contributed by atoms with van der Waals surface area (Å²) in [5.74, 6) is -0.955. The monoisotopic (exact) mass is 368 g/mol. The van der Waals surface area contributed by atoms with E-state index in [1.165, 1.54) is 17.8 Å². The summed E-state index contributed by atoms with van der Waals surface area (Å²) in [6, 6.07) is 0. The molecule has 19 heavy (non-hydrogen) atoms. The summed E-state index contributed by atoms with van der Waals surface area (Å²) < 4.78 is 10.1. The molecule has 0 bridgehead atoms. The molecule has 0 aliphatic carbocycles. The molecule has 0 fully saturated rings. The second kappa shape index (κ2) is 9.53. The molecule has 0 radical (unpaired) electrons. The third kappa shape index (κ3) is 6.56. The summed E-state index contributed by atoms with van der Waals surface area (Å²) >= 11 is 3.51. The molecule has 106 valence electrons. The number of esters is 2. The molecule has 1 atom stereocenters. The van der Waals surface area contributed by atoms with Crippen molar-refractivity contribution in [2.75, 3.05) is 13.2 Å². The van der Waals surface area contributed by atoms with Gasteiger partial charge in [0.1, 0.15) is 0 Å². The molecular formula is C12H16O4S2Se. The van der Waals surface area contributed by atoms with E-state index in [0.29, 0.717) is 33.1 Å². The Morgan fingerprint density at radius 1 is 1.42 bits per heavy atom. The third-order valence-corrected chi connectivity index (χ3v) is 7.37. The van der Waals surface area contributed by atoms with Gasteiger partial charge in [0.25, 0.3) is 0 Å². The van der Waals surface area contributed by atoms with Crippen molar-refractivity contribution < 1.29 is 19.1 Å². The van der Waals surface area contributed by atoms with Crippen LogP contribution in [-0.4, -0.2) is 44.7 Å². The van der Waals surface area contributed by atoms with Crippen molar-refractivity contribution in [3.8, 4) is 0 Å². The molecule has 4 nitrogen and oxygen atoms in total. The maximum absolute atomic E-state index is 11.8. The van der Waals surface area contributed by atoms with E-state index in [4.69, 9.17) is 9.47 Å². The molecule has 1 heterocycles. The molecule has 0 aromatic heterocycles. The Balaban J connectivity index is 2.70. The molecule has 1 aliphatic rings. The van der Waals surface area contributed by atoms with E-state index >= 15 is 0 Å². The molecule has 1 unspecified atom stereocenters. The summed E-state index contributed by atoms with van der Waals surface area (Å²) in [6.45, 7) is 4.06. The van der Waals surface area contributed by atoms with Crippen LogP contribution in [-0.2, 0) is 19.1 Å². The van der Waals surface area contributed by atoms with Crippen LogP contribution in [0.1, 0.15) is 13.8 Å². The number of hydrogen-bond donors (Lipinski definition) is 0. The van der Waals surface area contributed by atoms with E-state index in [1.807, 2.05) is 5.41 Å². The normalized spacial score (nSPS) is 19.1. The predicted molar refractivity (Wildman–Crippen MR) is 80.0 cm³/mol. The van der Waals surface area contributed by atoms with Crippen LogP contribution in [0.25, 0.3) is 0 Å². The van der Waals surface area contributed by atoms with E-state index < -0.39 is 11.9 Å². The standard InChI is InChI=1S/C12H16O4S2Se/c1-3-15-10(13)7-9(12(14)16-4-2)18-11-8-19-6-5-17-11/h5-7,11H,3-4,8H2,1-2H3/b9-7-. The Bertz CT molecular complexity index is 382. The Labute approximate surface area is 127 Å². The molecule has 0 saturated heterocycles. The van der Waals surface area contributed by atoms with E-state index in [9.17, 15) is 9.59 Å². The minimum absolute atomic E-state index is 0.259. The number of rotatable bonds is 6. The average molecular weight is 367 g/mol. The van der Waals surface area contributed by atoms with Gasteiger partial charge in [-0.3, -0.25) is 0 Å². The molecule has 1 aliphatic heterocycles. The number of carbonyl (C=O) groups excluding carboxylic acids is 2. The topological polar surface area (TPSA) is 52.6 Å². The third-order valence-electron chi connectivity index (χ3n) is 1.89. The number of hydrogen-bond acceptors (Lipinski definition) is 6.